The van der Waals surface area contributed by atoms with Crippen LogP contribution in [0.25, 0.3) is 0 Å². The van der Waals surface area contributed by atoms with Crippen molar-refractivity contribution in [2.24, 2.45) is 17.6 Å². The van der Waals surface area contributed by atoms with Gasteiger partial charge < -0.3 is 15.4 Å². The van der Waals surface area contributed by atoms with Crippen LogP contribution in [0.1, 0.15) is 13.3 Å². The summed E-state index contributed by atoms with van der Waals surface area (Å²) < 4.78 is 5.37. The van der Waals surface area contributed by atoms with E-state index in [2.05, 4.69) is 0 Å². The average molecular weight is 198 g/mol. The van der Waals surface area contributed by atoms with Gasteiger partial charge in [-0.1, -0.05) is 0 Å². The molecule has 2 heterocycles. The van der Waals surface area contributed by atoms with Gasteiger partial charge in [0.15, 0.2) is 0 Å². The fourth-order valence-corrected chi connectivity index (χ4v) is 2.70. The maximum atomic E-state index is 11.6. The molecular formula is C10H18N2O2. The summed E-state index contributed by atoms with van der Waals surface area (Å²) in [5.74, 6) is 1.16. The van der Waals surface area contributed by atoms with E-state index >= 15 is 0 Å². The molecule has 2 aliphatic heterocycles. The van der Waals surface area contributed by atoms with Gasteiger partial charge in [0, 0.05) is 32.0 Å². The van der Waals surface area contributed by atoms with E-state index in [0.717, 1.165) is 13.1 Å². The molecule has 1 aliphatic carbocycles. The summed E-state index contributed by atoms with van der Waals surface area (Å²) in [5.41, 5.74) is 5.57. The number of ether oxygens (including phenoxy) is 1. The first kappa shape index (κ1) is 9.93. The van der Waals surface area contributed by atoms with Gasteiger partial charge in [-0.05, 0) is 13.3 Å². The monoisotopic (exact) mass is 198 g/mol. The molecule has 0 aromatic carbocycles. The Morgan fingerprint density at radius 2 is 2.07 bits per heavy atom. The highest BCUT2D eigenvalue weighted by Gasteiger charge is 2.48. The van der Waals surface area contributed by atoms with Crippen LogP contribution in [0.4, 0.5) is 0 Å². The normalized spacial score (nSPS) is 37.6. The third-order valence-corrected chi connectivity index (χ3v) is 3.42. The topological polar surface area (TPSA) is 55.6 Å². The Balaban J connectivity index is 1.93. The minimum Gasteiger partial charge on any atom is -0.381 e. The van der Waals surface area contributed by atoms with E-state index < -0.39 is 0 Å². The molecule has 1 amide bonds. The molecule has 4 nitrogen and oxygen atoms in total. The molecule has 4 heteroatoms. The maximum absolute atomic E-state index is 11.6. The second-order valence-corrected chi connectivity index (χ2v) is 4.49. The van der Waals surface area contributed by atoms with Crippen molar-refractivity contribution in [1.82, 2.24) is 4.90 Å². The smallest absolute Gasteiger partial charge is 0.239 e. The van der Waals surface area contributed by atoms with Crippen LogP contribution < -0.4 is 5.73 Å². The second kappa shape index (κ2) is 3.51. The van der Waals surface area contributed by atoms with Crippen LogP contribution in [-0.2, 0) is 9.53 Å². The molecule has 3 aliphatic rings. The molecule has 0 aromatic rings. The van der Waals surface area contributed by atoms with Gasteiger partial charge in [0.05, 0.1) is 12.1 Å². The van der Waals surface area contributed by atoms with E-state index in [9.17, 15) is 4.79 Å². The SMILES string of the molecule is COC1[C@H]2C[C@H]1CN(C(=O)[C@H](C)N)C2. The number of rotatable bonds is 2. The van der Waals surface area contributed by atoms with Crippen LogP contribution in [0.3, 0.4) is 0 Å². The van der Waals surface area contributed by atoms with E-state index in [1.54, 1.807) is 14.0 Å². The third kappa shape index (κ3) is 1.42. The first-order valence-corrected chi connectivity index (χ1v) is 5.20. The molecule has 2 N–H and O–H groups in total. The highest BCUT2D eigenvalue weighted by atomic mass is 16.5. The number of hydrogen-bond acceptors (Lipinski definition) is 3. The fourth-order valence-electron chi connectivity index (χ4n) is 2.70. The van der Waals surface area contributed by atoms with Crippen molar-refractivity contribution in [3.8, 4) is 0 Å². The highest BCUT2D eigenvalue weighted by molar-refractivity contribution is 5.81. The Morgan fingerprint density at radius 3 is 2.50 bits per heavy atom. The molecule has 0 spiro atoms. The number of fused-ring (bicyclic) bond motifs is 2. The molecule has 0 radical (unpaired) electrons. The molecule has 2 saturated heterocycles. The minimum atomic E-state index is -0.367. The lowest BCUT2D eigenvalue weighted by atomic mass is 9.68. The molecule has 1 saturated carbocycles. The quantitative estimate of drug-likeness (QED) is 0.670. The third-order valence-electron chi connectivity index (χ3n) is 3.42. The van der Waals surface area contributed by atoms with Gasteiger partial charge in [-0.25, -0.2) is 0 Å². The zero-order chi connectivity index (χ0) is 10.3. The molecule has 2 bridgehead atoms. The van der Waals surface area contributed by atoms with Crippen molar-refractivity contribution in [3.05, 3.63) is 0 Å². The average Bonchev–Trinajstić information content (AvgIpc) is 2.17. The Kier molecular flexibility index (Phi) is 2.49. The van der Waals surface area contributed by atoms with Crippen molar-refractivity contribution in [2.75, 3.05) is 20.2 Å². The van der Waals surface area contributed by atoms with E-state index in [0.29, 0.717) is 17.9 Å². The summed E-state index contributed by atoms with van der Waals surface area (Å²) in [7, 11) is 1.76. The molecule has 0 aromatic heterocycles. The largest absolute Gasteiger partial charge is 0.381 e. The molecule has 3 rings (SSSR count). The predicted molar refractivity (Wildman–Crippen MR) is 52.6 cm³/mol. The van der Waals surface area contributed by atoms with Crippen LogP contribution in [-0.4, -0.2) is 43.2 Å². The van der Waals surface area contributed by atoms with Crippen molar-refractivity contribution < 1.29 is 9.53 Å². The molecule has 14 heavy (non-hydrogen) atoms. The van der Waals surface area contributed by atoms with Crippen molar-refractivity contribution >= 4 is 5.91 Å². The first-order valence-electron chi connectivity index (χ1n) is 5.20. The van der Waals surface area contributed by atoms with Crippen molar-refractivity contribution in [3.63, 3.8) is 0 Å². The highest BCUT2D eigenvalue weighted by Crippen LogP contribution is 2.41. The molecule has 0 unspecified atom stereocenters. The standard InChI is InChI=1S/C10H18N2O2/c1-6(11)10(13)12-4-7-3-8(5-12)9(7)14-2/h6-9H,3-5,11H2,1-2H3/t6-,7-,8-/m0/s1. The maximum Gasteiger partial charge on any atom is 0.239 e. The van der Waals surface area contributed by atoms with E-state index in [1.165, 1.54) is 6.42 Å². The van der Waals surface area contributed by atoms with E-state index in [-0.39, 0.29) is 11.9 Å². The van der Waals surface area contributed by atoms with Gasteiger partial charge in [-0.15, -0.1) is 0 Å². The predicted octanol–water partition coefficient (Wildman–Crippen LogP) is -0.173. The number of methoxy groups -OCH3 is 1. The minimum absolute atomic E-state index is 0.0780. The van der Waals surface area contributed by atoms with Gasteiger partial charge in [0.2, 0.25) is 5.91 Å². The van der Waals surface area contributed by atoms with Crippen LogP contribution in [0.15, 0.2) is 0 Å². The van der Waals surface area contributed by atoms with Gasteiger partial charge in [0.1, 0.15) is 0 Å². The summed E-state index contributed by atoms with van der Waals surface area (Å²) in [4.78, 5) is 13.5. The van der Waals surface area contributed by atoms with Gasteiger partial charge >= 0.3 is 0 Å². The Morgan fingerprint density at radius 1 is 1.50 bits per heavy atom. The van der Waals surface area contributed by atoms with Gasteiger partial charge in [0.25, 0.3) is 0 Å². The van der Waals surface area contributed by atoms with Crippen LogP contribution >= 0.6 is 0 Å². The number of carbonyl (C=O) groups is 1. The summed E-state index contributed by atoms with van der Waals surface area (Å²) in [5, 5.41) is 0. The van der Waals surface area contributed by atoms with E-state index in [4.69, 9.17) is 10.5 Å². The summed E-state index contributed by atoms with van der Waals surface area (Å²) in [6.45, 7) is 3.40. The Bertz CT molecular complexity index is 230. The van der Waals surface area contributed by atoms with Gasteiger partial charge in [-0.2, -0.15) is 0 Å². The van der Waals surface area contributed by atoms with Crippen LogP contribution in [0, 0.1) is 11.8 Å². The molecular weight excluding hydrogens is 180 g/mol. The Labute approximate surface area is 84.4 Å². The number of nitrogens with zero attached hydrogens (tertiary/aromatic N) is 1. The van der Waals surface area contributed by atoms with Crippen molar-refractivity contribution in [1.29, 1.82) is 0 Å². The molecule has 3 fully saturated rings. The number of nitrogens with two attached hydrogens (primary N) is 1. The van der Waals surface area contributed by atoms with Crippen LogP contribution in [0.5, 0.6) is 0 Å². The lowest BCUT2D eigenvalue weighted by molar-refractivity contribution is -0.156. The molecule has 3 atom stereocenters. The number of hydrogen-bond donors (Lipinski definition) is 1. The lowest BCUT2D eigenvalue weighted by Gasteiger charge is -2.52. The van der Waals surface area contributed by atoms with Crippen molar-refractivity contribution in [2.45, 2.75) is 25.5 Å². The zero-order valence-electron chi connectivity index (χ0n) is 8.77. The number of carbonyl (C=O) groups excluding carboxylic acids is 1. The van der Waals surface area contributed by atoms with E-state index in [1.807, 2.05) is 4.90 Å². The fraction of sp³-hybridized carbons (Fsp3) is 0.900. The zero-order valence-corrected chi connectivity index (χ0v) is 8.77. The summed E-state index contributed by atoms with van der Waals surface area (Å²) in [6.07, 6.45) is 1.59. The Hall–Kier alpha value is -0.610. The lowest BCUT2D eigenvalue weighted by Crippen LogP contribution is -2.61. The molecule has 80 valence electrons. The van der Waals surface area contributed by atoms with Crippen LogP contribution in [0.2, 0.25) is 0 Å². The first-order chi connectivity index (χ1) is 6.63. The summed E-state index contributed by atoms with van der Waals surface area (Å²) in [6, 6.07) is -0.367. The second-order valence-electron chi connectivity index (χ2n) is 4.49. The number of amides is 1. The van der Waals surface area contributed by atoms with Gasteiger partial charge in [-0.3, -0.25) is 4.79 Å². The summed E-state index contributed by atoms with van der Waals surface area (Å²) >= 11 is 0. The number of piperidine rings is 2.